The Bertz CT molecular complexity index is 1390. The SMILES string of the molecule is N#Cc1cc2cnc(Nc3ccc(N4CCN5CCCCC5C4)c(F)c3)nc2n(C2CCCC2)c1=O. The number of aromatic nitrogens is 3. The predicted octanol–water partition coefficient (Wildman–Crippen LogP) is 4.34. The minimum atomic E-state index is -0.310. The van der Waals surface area contributed by atoms with E-state index >= 15 is 4.39 Å². The van der Waals surface area contributed by atoms with E-state index in [0.717, 1.165) is 51.9 Å². The van der Waals surface area contributed by atoms with Crippen molar-refractivity contribution in [2.24, 2.45) is 0 Å². The molecule has 2 saturated heterocycles. The zero-order chi connectivity index (χ0) is 24.6. The number of rotatable bonds is 4. The monoisotopic (exact) mass is 487 g/mol. The number of hydrogen-bond acceptors (Lipinski definition) is 7. The Morgan fingerprint density at radius 3 is 2.64 bits per heavy atom. The Labute approximate surface area is 209 Å². The lowest BCUT2D eigenvalue weighted by Gasteiger charge is -2.45. The van der Waals surface area contributed by atoms with Gasteiger partial charge in [0.2, 0.25) is 5.95 Å². The highest BCUT2D eigenvalue weighted by Gasteiger charge is 2.30. The summed E-state index contributed by atoms with van der Waals surface area (Å²) in [5.41, 5.74) is 1.48. The van der Waals surface area contributed by atoms with Crippen LogP contribution in [0.2, 0.25) is 0 Å². The molecule has 1 N–H and O–H groups in total. The van der Waals surface area contributed by atoms with Gasteiger partial charge in [0.15, 0.2) is 0 Å². The van der Waals surface area contributed by atoms with Crippen LogP contribution in [0.4, 0.5) is 21.7 Å². The van der Waals surface area contributed by atoms with Crippen molar-refractivity contribution in [3.8, 4) is 6.07 Å². The molecule has 3 fully saturated rings. The standard InChI is InChI=1S/C27H30FN7O/c28-23-14-20(8-9-24(23)34-12-11-33-10-4-3-7-22(33)17-34)31-27-30-16-19-13-18(15-29)26(36)35(25(19)32-27)21-5-1-2-6-21/h8-9,13-14,16,21-22H,1-7,10-12,17H2,(H,30,31,32). The van der Waals surface area contributed by atoms with E-state index in [1.54, 1.807) is 16.8 Å². The lowest BCUT2D eigenvalue weighted by atomic mass is 9.99. The van der Waals surface area contributed by atoms with Gasteiger partial charge in [-0.25, -0.2) is 9.37 Å². The Balaban J connectivity index is 1.27. The van der Waals surface area contributed by atoms with Crippen LogP contribution in [-0.2, 0) is 0 Å². The fraction of sp³-hybridized carbons (Fsp3) is 0.481. The maximum Gasteiger partial charge on any atom is 0.270 e. The van der Waals surface area contributed by atoms with Crippen LogP contribution in [0.5, 0.6) is 0 Å². The summed E-state index contributed by atoms with van der Waals surface area (Å²) in [6.45, 7) is 3.82. The zero-order valence-electron chi connectivity index (χ0n) is 20.3. The van der Waals surface area contributed by atoms with Crippen LogP contribution in [0.15, 0.2) is 35.3 Å². The molecule has 0 amide bonds. The van der Waals surface area contributed by atoms with Gasteiger partial charge in [0.1, 0.15) is 23.1 Å². The third kappa shape index (κ3) is 4.20. The highest BCUT2D eigenvalue weighted by molar-refractivity contribution is 5.77. The second-order valence-electron chi connectivity index (χ2n) is 10.2. The Hall–Kier alpha value is -3.51. The molecule has 2 aromatic heterocycles. The van der Waals surface area contributed by atoms with E-state index in [1.807, 2.05) is 18.2 Å². The van der Waals surface area contributed by atoms with Gasteiger partial charge in [0.05, 0.1) is 5.69 Å². The first-order valence-electron chi connectivity index (χ1n) is 13.0. The van der Waals surface area contributed by atoms with Gasteiger partial charge in [-0.2, -0.15) is 10.2 Å². The van der Waals surface area contributed by atoms with Gasteiger partial charge in [-0.1, -0.05) is 19.3 Å². The normalized spacial score (nSPS) is 20.9. The molecule has 4 heterocycles. The van der Waals surface area contributed by atoms with Crippen molar-refractivity contribution in [1.82, 2.24) is 19.4 Å². The predicted molar refractivity (Wildman–Crippen MR) is 137 cm³/mol. The summed E-state index contributed by atoms with van der Waals surface area (Å²) in [6.07, 6.45) is 9.18. The maximum absolute atomic E-state index is 15.2. The first-order chi connectivity index (χ1) is 17.6. The van der Waals surface area contributed by atoms with Crippen LogP contribution >= 0.6 is 0 Å². The second kappa shape index (κ2) is 9.51. The van der Waals surface area contributed by atoms with E-state index in [0.29, 0.717) is 34.4 Å². The number of nitriles is 1. The van der Waals surface area contributed by atoms with Gasteiger partial charge in [-0.15, -0.1) is 0 Å². The zero-order valence-corrected chi connectivity index (χ0v) is 20.3. The van der Waals surface area contributed by atoms with Crippen LogP contribution < -0.4 is 15.8 Å². The molecule has 1 saturated carbocycles. The number of hydrogen-bond donors (Lipinski definition) is 1. The number of fused-ring (bicyclic) bond motifs is 2. The molecule has 6 rings (SSSR count). The number of pyridine rings is 1. The second-order valence-corrected chi connectivity index (χ2v) is 10.2. The van der Waals surface area contributed by atoms with Crippen molar-refractivity contribution in [1.29, 1.82) is 5.26 Å². The summed E-state index contributed by atoms with van der Waals surface area (Å²) in [6, 6.07) is 9.25. The number of anilines is 3. The summed E-state index contributed by atoms with van der Waals surface area (Å²) in [7, 11) is 0. The summed E-state index contributed by atoms with van der Waals surface area (Å²) < 4.78 is 16.9. The molecule has 0 bridgehead atoms. The molecule has 36 heavy (non-hydrogen) atoms. The smallest absolute Gasteiger partial charge is 0.270 e. The lowest BCUT2D eigenvalue weighted by Crippen LogP contribution is -2.55. The van der Waals surface area contributed by atoms with E-state index < -0.39 is 0 Å². The van der Waals surface area contributed by atoms with Gasteiger partial charge in [0.25, 0.3) is 5.56 Å². The molecule has 1 unspecified atom stereocenters. The minimum Gasteiger partial charge on any atom is -0.366 e. The lowest BCUT2D eigenvalue weighted by molar-refractivity contribution is 0.133. The Morgan fingerprint density at radius 2 is 1.83 bits per heavy atom. The quantitative estimate of drug-likeness (QED) is 0.586. The van der Waals surface area contributed by atoms with Crippen LogP contribution in [-0.4, -0.2) is 51.7 Å². The van der Waals surface area contributed by atoms with Crippen LogP contribution in [0.3, 0.4) is 0 Å². The first kappa shape index (κ1) is 22.9. The van der Waals surface area contributed by atoms with E-state index in [4.69, 9.17) is 0 Å². The van der Waals surface area contributed by atoms with Crippen molar-refractivity contribution in [2.45, 2.75) is 57.0 Å². The third-order valence-corrected chi connectivity index (χ3v) is 7.97. The highest BCUT2D eigenvalue weighted by atomic mass is 19.1. The highest BCUT2D eigenvalue weighted by Crippen LogP contribution is 2.32. The van der Waals surface area contributed by atoms with Crippen LogP contribution in [0, 0.1) is 17.1 Å². The molecule has 0 radical (unpaired) electrons. The number of piperazine rings is 1. The molecule has 8 nitrogen and oxygen atoms in total. The fourth-order valence-electron chi connectivity index (χ4n) is 6.11. The number of benzene rings is 1. The van der Waals surface area contributed by atoms with E-state index in [2.05, 4.69) is 25.1 Å². The van der Waals surface area contributed by atoms with Gasteiger partial charge in [0, 0.05) is 49.0 Å². The van der Waals surface area contributed by atoms with Crippen molar-refractivity contribution in [3.63, 3.8) is 0 Å². The molecule has 9 heteroatoms. The van der Waals surface area contributed by atoms with E-state index in [9.17, 15) is 10.1 Å². The third-order valence-electron chi connectivity index (χ3n) is 7.97. The molecule has 0 spiro atoms. The number of halogens is 1. The largest absolute Gasteiger partial charge is 0.366 e. The molecule has 186 valence electrons. The van der Waals surface area contributed by atoms with Crippen LogP contribution in [0.1, 0.15) is 56.6 Å². The van der Waals surface area contributed by atoms with Crippen molar-refractivity contribution < 1.29 is 4.39 Å². The molecule has 3 aliphatic rings. The molecule has 1 aliphatic carbocycles. The van der Waals surface area contributed by atoms with Crippen molar-refractivity contribution in [3.05, 3.63) is 52.2 Å². The average molecular weight is 488 g/mol. The number of piperidine rings is 1. The first-order valence-corrected chi connectivity index (χ1v) is 13.0. The summed E-state index contributed by atoms with van der Waals surface area (Å²) in [5, 5.41) is 13.2. The van der Waals surface area contributed by atoms with E-state index in [-0.39, 0.29) is 23.0 Å². The molecule has 2 aliphatic heterocycles. The summed E-state index contributed by atoms with van der Waals surface area (Å²) >= 11 is 0. The van der Waals surface area contributed by atoms with Gasteiger partial charge >= 0.3 is 0 Å². The average Bonchev–Trinajstić information content (AvgIpc) is 3.43. The summed E-state index contributed by atoms with van der Waals surface area (Å²) in [4.78, 5) is 26.7. The maximum atomic E-state index is 15.2. The Morgan fingerprint density at radius 1 is 1.03 bits per heavy atom. The van der Waals surface area contributed by atoms with Gasteiger partial charge in [-0.05, 0) is 56.5 Å². The topological polar surface area (TPSA) is 90.1 Å². The van der Waals surface area contributed by atoms with Gasteiger partial charge in [-0.3, -0.25) is 14.3 Å². The van der Waals surface area contributed by atoms with Gasteiger partial charge < -0.3 is 10.2 Å². The molecular weight excluding hydrogens is 457 g/mol. The Kier molecular flexibility index (Phi) is 6.05. The van der Waals surface area contributed by atoms with E-state index in [1.165, 1.54) is 25.3 Å². The molecule has 3 aromatic rings. The fourth-order valence-corrected chi connectivity index (χ4v) is 6.11. The van der Waals surface area contributed by atoms with Crippen molar-refractivity contribution in [2.75, 3.05) is 36.4 Å². The number of nitrogens with zero attached hydrogens (tertiary/aromatic N) is 6. The van der Waals surface area contributed by atoms with Crippen molar-refractivity contribution >= 4 is 28.4 Å². The number of nitrogens with one attached hydrogen (secondary N) is 1. The molecule has 1 aromatic carbocycles. The molecule has 1 atom stereocenters. The van der Waals surface area contributed by atoms with Crippen LogP contribution in [0.25, 0.3) is 11.0 Å². The summed E-state index contributed by atoms with van der Waals surface area (Å²) in [5.74, 6) is 0.0212. The molecular formula is C27H30FN7O. The minimum absolute atomic E-state index is 0.0254.